The second-order valence-electron chi connectivity index (χ2n) is 6.21. The van der Waals surface area contributed by atoms with Crippen molar-refractivity contribution in [2.24, 2.45) is 0 Å². The minimum atomic E-state index is 0.437. The van der Waals surface area contributed by atoms with Crippen molar-refractivity contribution in [1.82, 2.24) is 4.90 Å². The summed E-state index contributed by atoms with van der Waals surface area (Å²) in [6, 6.07) is 8.71. The lowest BCUT2D eigenvalue weighted by molar-refractivity contribution is 0.0262. The predicted octanol–water partition coefficient (Wildman–Crippen LogP) is 2.20. The summed E-state index contributed by atoms with van der Waals surface area (Å²) in [6.07, 6.45) is 4.56. The van der Waals surface area contributed by atoms with Crippen LogP contribution in [0.4, 0.5) is 11.4 Å². The van der Waals surface area contributed by atoms with Crippen molar-refractivity contribution >= 4 is 11.4 Å². The fourth-order valence-electron chi connectivity index (χ4n) is 3.43. The molecule has 0 amide bonds. The number of anilines is 2. The maximum Gasteiger partial charge on any atom is 0.0992 e. The molecule has 2 saturated heterocycles. The first-order valence-corrected chi connectivity index (χ1v) is 8.14. The quantitative estimate of drug-likeness (QED) is 0.837. The number of rotatable bonds is 3. The van der Waals surface area contributed by atoms with Crippen LogP contribution < -0.4 is 11.1 Å². The van der Waals surface area contributed by atoms with Crippen LogP contribution in [-0.4, -0.2) is 43.3 Å². The number of benzene rings is 1. The molecule has 0 aromatic heterocycles. The second kappa shape index (κ2) is 6.99. The van der Waals surface area contributed by atoms with Gasteiger partial charge in [0, 0.05) is 38.4 Å². The van der Waals surface area contributed by atoms with E-state index in [-0.39, 0.29) is 0 Å². The summed E-state index contributed by atoms with van der Waals surface area (Å²) in [5.41, 5.74) is 8.26. The van der Waals surface area contributed by atoms with Gasteiger partial charge in [-0.3, -0.25) is 0 Å². The summed E-state index contributed by atoms with van der Waals surface area (Å²) < 4.78 is 5.45. The van der Waals surface area contributed by atoms with Crippen molar-refractivity contribution in [3.63, 3.8) is 0 Å². The van der Waals surface area contributed by atoms with Crippen LogP contribution in [0.1, 0.15) is 31.2 Å². The first-order chi connectivity index (χ1) is 10.8. The maximum absolute atomic E-state index is 9.00. The van der Waals surface area contributed by atoms with Crippen LogP contribution in [0.2, 0.25) is 0 Å². The molecule has 0 radical (unpaired) electrons. The Kier molecular flexibility index (Phi) is 4.81. The smallest absolute Gasteiger partial charge is 0.0992 e. The molecule has 0 unspecified atom stereocenters. The number of hydrogen-bond acceptors (Lipinski definition) is 5. The van der Waals surface area contributed by atoms with E-state index in [0.29, 0.717) is 23.3 Å². The third-order valence-corrected chi connectivity index (χ3v) is 4.78. The Morgan fingerprint density at radius 3 is 2.59 bits per heavy atom. The van der Waals surface area contributed by atoms with Crippen molar-refractivity contribution in [1.29, 1.82) is 5.26 Å². The first kappa shape index (κ1) is 15.1. The molecular weight excluding hydrogens is 276 g/mol. The highest BCUT2D eigenvalue weighted by molar-refractivity contribution is 5.68. The van der Waals surface area contributed by atoms with E-state index in [0.717, 1.165) is 57.7 Å². The average Bonchev–Trinajstić information content (AvgIpc) is 2.58. The van der Waals surface area contributed by atoms with Crippen LogP contribution in [0.25, 0.3) is 0 Å². The zero-order valence-electron chi connectivity index (χ0n) is 12.9. The Morgan fingerprint density at radius 2 is 1.91 bits per heavy atom. The summed E-state index contributed by atoms with van der Waals surface area (Å²) in [5, 5.41) is 12.5. The van der Waals surface area contributed by atoms with Crippen LogP contribution in [0.15, 0.2) is 18.2 Å². The molecule has 2 aliphatic heterocycles. The molecule has 5 heteroatoms. The SMILES string of the molecule is N#Cc1ccc(N)c(NC2CCN(C3CCOCC3)CC2)c1. The van der Waals surface area contributed by atoms with Crippen molar-refractivity contribution in [3.05, 3.63) is 23.8 Å². The van der Waals surface area contributed by atoms with Gasteiger partial charge in [-0.05, 0) is 43.9 Å². The lowest BCUT2D eigenvalue weighted by Gasteiger charge is -2.39. The molecule has 22 heavy (non-hydrogen) atoms. The molecule has 0 aliphatic carbocycles. The monoisotopic (exact) mass is 300 g/mol. The van der Waals surface area contributed by atoms with E-state index < -0.39 is 0 Å². The highest BCUT2D eigenvalue weighted by atomic mass is 16.5. The number of likely N-dealkylation sites (tertiary alicyclic amines) is 1. The van der Waals surface area contributed by atoms with Gasteiger partial charge in [-0.25, -0.2) is 0 Å². The molecular formula is C17H24N4O. The summed E-state index contributed by atoms with van der Waals surface area (Å²) in [7, 11) is 0. The maximum atomic E-state index is 9.00. The number of nitrogens with zero attached hydrogens (tertiary/aromatic N) is 2. The molecule has 1 aromatic carbocycles. The van der Waals surface area contributed by atoms with Gasteiger partial charge >= 0.3 is 0 Å². The van der Waals surface area contributed by atoms with Crippen LogP contribution in [0, 0.1) is 11.3 Å². The highest BCUT2D eigenvalue weighted by Crippen LogP contribution is 2.25. The summed E-state index contributed by atoms with van der Waals surface area (Å²) in [5.74, 6) is 0. The molecule has 0 saturated carbocycles. The van der Waals surface area contributed by atoms with Gasteiger partial charge in [-0.2, -0.15) is 5.26 Å². The van der Waals surface area contributed by atoms with Crippen LogP contribution in [0.3, 0.4) is 0 Å². The fourth-order valence-corrected chi connectivity index (χ4v) is 3.43. The number of ether oxygens (including phenoxy) is 1. The van der Waals surface area contributed by atoms with Crippen molar-refractivity contribution in [3.8, 4) is 6.07 Å². The van der Waals surface area contributed by atoms with E-state index in [1.807, 2.05) is 6.07 Å². The zero-order valence-corrected chi connectivity index (χ0v) is 12.9. The highest BCUT2D eigenvalue weighted by Gasteiger charge is 2.26. The number of nitrogens with one attached hydrogen (secondary N) is 1. The average molecular weight is 300 g/mol. The number of nitrogen functional groups attached to an aromatic ring is 1. The van der Waals surface area contributed by atoms with Gasteiger partial charge in [-0.15, -0.1) is 0 Å². The molecule has 0 spiro atoms. The van der Waals surface area contributed by atoms with Gasteiger partial charge in [0.15, 0.2) is 0 Å². The fraction of sp³-hybridized carbons (Fsp3) is 0.588. The molecule has 1 aromatic rings. The third-order valence-electron chi connectivity index (χ3n) is 4.78. The number of hydrogen-bond donors (Lipinski definition) is 2. The van der Waals surface area contributed by atoms with E-state index in [1.54, 1.807) is 12.1 Å². The second-order valence-corrected chi connectivity index (χ2v) is 6.21. The molecule has 2 fully saturated rings. The Morgan fingerprint density at radius 1 is 1.18 bits per heavy atom. The standard InChI is InChI=1S/C17H24N4O/c18-12-13-1-2-16(19)17(11-13)20-14-3-7-21(8-4-14)15-5-9-22-10-6-15/h1-2,11,14-15,20H,3-10,19H2. The zero-order chi connectivity index (χ0) is 15.4. The van der Waals surface area contributed by atoms with Crippen LogP contribution in [0.5, 0.6) is 0 Å². The third kappa shape index (κ3) is 3.52. The predicted molar refractivity (Wildman–Crippen MR) is 87.6 cm³/mol. The van der Waals surface area contributed by atoms with E-state index in [1.165, 1.54) is 0 Å². The number of nitriles is 1. The van der Waals surface area contributed by atoms with E-state index >= 15 is 0 Å². The van der Waals surface area contributed by atoms with Crippen molar-refractivity contribution in [2.75, 3.05) is 37.4 Å². The van der Waals surface area contributed by atoms with Gasteiger partial charge in [0.1, 0.15) is 0 Å². The van der Waals surface area contributed by atoms with Gasteiger partial charge in [-0.1, -0.05) is 0 Å². The summed E-state index contributed by atoms with van der Waals surface area (Å²) in [6.45, 7) is 4.06. The van der Waals surface area contributed by atoms with Crippen LogP contribution >= 0.6 is 0 Å². The molecule has 118 valence electrons. The van der Waals surface area contributed by atoms with Gasteiger partial charge in [0.2, 0.25) is 0 Å². The number of piperidine rings is 1. The van der Waals surface area contributed by atoms with E-state index in [2.05, 4.69) is 16.3 Å². The summed E-state index contributed by atoms with van der Waals surface area (Å²) in [4.78, 5) is 2.61. The lowest BCUT2D eigenvalue weighted by Crippen LogP contribution is -2.46. The normalized spacial score (nSPS) is 21.4. The molecule has 0 bridgehead atoms. The Bertz CT molecular complexity index is 540. The van der Waals surface area contributed by atoms with Gasteiger partial charge < -0.3 is 20.7 Å². The van der Waals surface area contributed by atoms with E-state index in [4.69, 9.17) is 15.7 Å². The molecule has 2 heterocycles. The first-order valence-electron chi connectivity index (χ1n) is 8.14. The Balaban J connectivity index is 1.54. The molecule has 2 aliphatic rings. The van der Waals surface area contributed by atoms with Crippen molar-refractivity contribution < 1.29 is 4.74 Å². The number of nitrogens with two attached hydrogens (primary N) is 1. The molecule has 3 rings (SSSR count). The molecule has 5 nitrogen and oxygen atoms in total. The Hall–Kier alpha value is -1.77. The topological polar surface area (TPSA) is 74.3 Å². The van der Waals surface area contributed by atoms with E-state index in [9.17, 15) is 0 Å². The minimum Gasteiger partial charge on any atom is -0.397 e. The van der Waals surface area contributed by atoms with Gasteiger partial charge in [0.25, 0.3) is 0 Å². The van der Waals surface area contributed by atoms with Crippen molar-refractivity contribution in [2.45, 2.75) is 37.8 Å². The van der Waals surface area contributed by atoms with Crippen LogP contribution in [-0.2, 0) is 4.74 Å². The Labute approximate surface area is 132 Å². The summed E-state index contributed by atoms with van der Waals surface area (Å²) >= 11 is 0. The lowest BCUT2D eigenvalue weighted by atomic mass is 9.99. The van der Waals surface area contributed by atoms with Gasteiger partial charge in [0.05, 0.1) is 23.0 Å². The molecule has 0 atom stereocenters. The molecule has 3 N–H and O–H groups in total. The minimum absolute atomic E-state index is 0.437. The largest absolute Gasteiger partial charge is 0.397 e.